The van der Waals surface area contributed by atoms with Crippen LogP contribution in [0.1, 0.15) is 57.8 Å². The fraction of sp³-hybridized carbons (Fsp3) is 0.714. The summed E-state index contributed by atoms with van der Waals surface area (Å²) in [4.78, 5) is 4.42. The van der Waals surface area contributed by atoms with E-state index in [4.69, 9.17) is 5.26 Å². The zero-order valence-electron chi connectivity index (χ0n) is 11.6. The molecule has 0 aromatic carbocycles. The molecule has 1 saturated carbocycles. The summed E-state index contributed by atoms with van der Waals surface area (Å²) in [5.41, 5.74) is 2.29. The minimum Gasteiger partial charge on any atom is -0.333 e. The van der Waals surface area contributed by atoms with Crippen molar-refractivity contribution in [2.45, 2.75) is 59.9 Å². The van der Waals surface area contributed by atoms with Crippen LogP contribution in [-0.4, -0.2) is 9.55 Å². The van der Waals surface area contributed by atoms with Crippen LogP contribution in [0, 0.1) is 23.7 Å². The van der Waals surface area contributed by atoms with Gasteiger partial charge in [0.15, 0.2) is 0 Å². The predicted octanol–water partition coefficient (Wildman–Crippen LogP) is 3.64. The first-order chi connectivity index (χ1) is 8.08. The second-order valence-corrected chi connectivity index (χ2v) is 4.89. The van der Waals surface area contributed by atoms with E-state index in [9.17, 15) is 0 Å². The van der Waals surface area contributed by atoms with Crippen molar-refractivity contribution < 1.29 is 0 Å². The van der Waals surface area contributed by atoms with Crippen molar-refractivity contribution in [2.24, 2.45) is 5.41 Å². The summed E-state index contributed by atoms with van der Waals surface area (Å²) in [5, 5.41) is 9.04. The molecule has 1 aromatic heterocycles. The lowest BCUT2D eigenvalue weighted by Crippen LogP contribution is -2.10. The summed E-state index contributed by atoms with van der Waals surface area (Å²) in [5.74, 6) is 0.462. The maximum Gasteiger partial charge on any atom is 0.0952 e. The summed E-state index contributed by atoms with van der Waals surface area (Å²) in [7, 11) is 0. The molecular formula is C14H23N3. The molecule has 0 saturated heterocycles. The lowest BCUT2D eigenvalue weighted by Gasteiger charge is -2.10. The minimum atomic E-state index is -0.0836. The maximum atomic E-state index is 9.04. The molecule has 1 aliphatic carbocycles. The van der Waals surface area contributed by atoms with Gasteiger partial charge in [0.1, 0.15) is 0 Å². The third-order valence-electron chi connectivity index (χ3n) is 3.25. The first kappa shape index (κ1) is 13.8. The quantitative estimate of drug-likeness (QED) is 0.799. The Morgan fingerprint density at radius 2 is 2.06 bits per heavy atom. The van der Waals surface area contributed by atoms with Gasteiger partial charge in [-0.25, -0.2) is 4.98 Å². The van der Waals surface area contributed by atoms with Crippen molar-refractivity contribution in [3.05, 3.63) is 17.7 Å². The normalized spacial score (nSPS) is 16.1. The summed E-state index contributed by atoms with van der Waals surface area (Å²) < 4.78 is 2.13. The highest BCUT2D eigenvalue weighted by atomic mass is 15.1. The van der Waals surface area contributed by atoms with Crippen molar-refractivity contribution in [1.29, 1.82) is 5.26 Å². The molecule has 0 atom stereocenters. The van der Waals surface area contributed by atoms with Gasteiger partial charge in [0.2, 0.25) is 0 Å². The van der Waals surface area contributed by atoms with Crippen molar-refractivity contribution in [3.8, 4) is 6.07 Å². The van der Waals surface area contributed by atoms with Crippen LogP contribution in [0.25, 0.3) is 0 Å². The predicted molar refractivity (Wildman–Crippen MR) is 69.7 cm³/mol. The largest absolute Gasteiger partial charge is 0.333 e. The van der Waals surface area contributed by atoms with E-state index in [-0.39, 0.29) is 5.41 Å². The third-order valence-corrected chi connectivity index (χ3v) is 3.25. The van der Waals surface area contributed by atoms with Crippen LogP contribution < -0.4 is 0 Å². The van der Waals surface area contributed by atoms with Gasteiger partial charge in [-0.3, -0.25) is 0 Å². The van der Waals surface area contributed by atoms with E-state index in [2.05, 4.69) is 36.4 Å². The zero-order valence-corrected chi connectivity index (χ0v) is 11.6. The Morgan fingerprint density at radius 1 is 1.47 bits per heavy atom. The minimum absolute atomic E-state index is 0.0836. The lowest BCUT2D eigenvalue weighted by atomic mass is 10.1. The fourth-order valence-corrected chi connectivity index (χ4v) is 1.97. The molecule has 0 bridgehead atoms. The molecule has 1 heterocycles. The molecule has 0 spiro atoms. The van der Waals surface area contributed by atoms with Crippen molar-refractivity contribution in [3.63, 3.8) is 0 Å². The van der Waals surface area contributed by atoms with E-state index in [1.807, 2.05) is 20.2 Å². The molecular weight excluding hydrogens is 210 g/mol. The Hall–Kier alpha value is -1.30. The Morgan fingerprint density at radius 3 is 2.41 bits per heavy atom. The number of rotatable bonds is 3. The Bertz CT molecular complexity index is 406. The molecule has 2 rings (SSSR count). The first-order valence-electron chi connectivity index (χ1n) is 6.51. The fourth-order valence-electron chi connectivity index (χ4n) is 1.97. The summed E-state index contributed by atoms with van der Waals surface area (Å²) in [6, 6.07) is 2.42. The van der Waals surface area contributed by atoms with Gasteiger partial charge in [0.05, 0.1) is 23.5 Å². The number of aromatic nitrogens is 2. The van der Waals surface area contributed by atoms with Gasteiger partial charge in [-0.15, -0.1) is 0 Å². The van der Waals surface area contributed by atoms with Gasteiger partial charge in [0.25, 0.3) is 0 Å². The van der Waals surface area contributed by atoms with Crippen LogP contribution in [0.2, 0.25) is 0 Å². The van der Waals surface area contributed by atoms with Gasteiger partial charge < -0.3 is 4.57 Å². The van der Waals surface area contributed by atoms with Gasteiger partial charge in [-0.1, -0.05) is 27.7 Å². The van der Waals surface area contributed by atoms with Crippen LogP contribution in [0.15, 0.2) is 6.33 Å². The Balaban J connectivity index is 0.000000686. The van der Waals surface area contributed by atoms with E-state index in [0.29, 0.717) is 5.92 Å². The molecule has 0 N–H and O–H groups in total. The second-order valence-electron chi connectivity index (χ2n) is 4.89. The highest BCUT2D eigenvalue weighted by Crippen LogP contribution is 2.46. The number of hydrogen-bond acceptors (Lipinski definition) is 2. The first-order valence-corrected chi connectivity index (χ1v) is 6.51. The summed E-state index contributed by atoms with van der Waals surface area (Å²) in [6.07, 6.45) is 3.96. The van der Waals surface area contributed by atoms with E-state index in [1.54, 1.807) is 0 Å². The van der Waals surface area contributed by atoms with E-state index in [1.165, 1.54) is 5.69 Å². The third kappa shape index (κ3) is 2.88. The van der Waals surface area contributed by atoms with E-state index in [0.717, 1.165) is 25.1 Å². The Kier molecular flexibility index (Phi) is 4.34. The van der Waals surface area contributed by atoms with E-state index < -0.39 is 0 Å². The molecule has 17 heavy (non-hydrogen) atoms. The smallest absolute Gasteiger partial charge is 0.0952 e. The molecule has 94 valence electrons. The van der Waals surface area contributed by atoms with Crippen LogP contribution in [0.4, 0.5) is 0 Å². The van der Waals surface area contributed by atoms with Crippen molar-refractivity contribution in [2.75, 3.05) is 0 Å². The maximum absolute atomic E-state index is 9.04. The standard InChI is InChI=1S/C12H17N3.C2H6/c1-9(2)11-10(3)15(8-14-11)7-12(6-13)4-5-12;1-2/h8-9H,4-5,7H2,1-3H3;1-2H3. The van der Waals surface area contributed by atoms with Gasteiger partial charge in [-0.05, 0) is 25.7 Å². The highest BCUT2D eigenvalue weighted by Gasteiger charge is 2.43. The average Bonchev–Trinajstić information content (AvgIpc) is 3.01. The Labute approximate surface area is 104 Å². The second kappa shape index (κ2) is 5.35. The zero-order chi connectivity index (χ0) is 13.1. The molecule has 0 amide bonds. The number of nitriles is 1. The van der Waals surface area contributed by atoms with Gasteiger partial charge in [-0.2, -0.15) is 5.26 Å². The van der Waals surface area contributed by atoms with Crippen LogP contribution in [-0.2, 0) is 6.54 Å². The number of nitrogens with zero attached hydrogens (tertiary/aromatic N) is 3. The van der Waals surface area contributed by atoms with Crippen molar-refractivity contribution in [1.82, 2.24) is 9.55 Å². The monoisotopic (exact) mass is 233 g/mol. The summed E-state index contributed by atoms with van der Waals surface area (Å²) in [6.45, 7) is 11.2. The summed E-state index contributed by atoms with van der Waals surface area (Å²) >= 11 is 0. The van der Waals surface area contributed by atoms with Gasteiger partial charge >= 0.3 is 0 Å². The number of hydrogen-bond donors (Lipinski definition) is 0. The molecule has 0 unspecified atom stereocenters. The highest BCUT2D eigenvalue weighted by molar-refractivity contribution is 5.17. The SMILES string of the molecule is CC.Cc1c(C(C)C)ncn1CC1(C#N)CC1. The topological polar surface area (TPSA) is 41.6 Å². The number of imidazole rings is 1. The molecule has 1 fully saturated rings. The molecule has 3 nitrogen and oxygen atoms in total. The lowest BCUT2D eigenvalue weighted by molar-refractivity contribution is 0.518. The average molecular weight is 233 g/mol. The molecule has 1 aliphatic rings. The van der Waals surface area contributed by atoms with Gasteiger partial charge in [0, 0.05) is 12.2 Å². The van der Waals surface area contributed by atoms with E-state index >= 15 is 0 Å². The molecule has 3 heteroatoms. The molecule has 0 radical (unpaired) electrons. The van der Waals surface area contributed by atoms with Crippen LogP contribution in [0.3, 0.4) is 0 Å². The molecule has 1 aromatic rings. The van der Waals surface area contributed by atoms with Crippen molar-refractivity contribution >= 4 is 0 Å². The van der Waals surface area contributed by atoms with Crippen LogP contribution >= 0.6 is 0 Å². The van der Waals surface area contributed by atoms with Crippen LogP contribution in [0.5, 0.6) is 0 Å². The molecule has 0 aliphatic heterocycles.